The smallest absolute Gasteiger partial charge is 0.0713 e. The third-order valence-corrected chi connectivity index (χ3v) is 3.70. The van der Waals surface area contributed by atoms with Crippen molar-refractivity contribution in [3.63, 3.8) is 0 Å². The Morgan fingerprint density at radius 2 is 2.32 bits per heavy atom. The molecule has 0 bridgehead atoms. The van der Waals surface area contributed by atoms with E-state index < -0.39 is 0 Å². The zero-order valence-corrected chi connectivity index (χ0v) is 12.1. The van der Waals surface area contributed by atoms with Crippen LogP contribution < -0.4 is 10.6 Å². The van der Waals surface area contributed by atoms with E-state index in [2.05, 4.69) is 41.8 Å². The number of methoxy groups -OCH3 is 1. The fourth-order valence-electron chi connectivity index (χ4n) is 2.81. The first-order chi connectivity index (χ1) is 9.28. The topological polar surface area (TPSA) is 33.3 Å². The third-order valence-electron chi connectivity index (χ3n) is 3.70. The van der Waals surface area contributed by atoms with Crippen LogP contribution in [-0.2, 0) is 11.3 Å². The van der Waals surface area contributed by atoms with Gasteiger partial charge >= 0.3 is 0 Å². The van der Waals surface area contributed by atoms with E-state index in [1.807, 2.05) is 0 Å². The highest BCUT2D eigenvalue weighted by Gasteiger charge is 2.15. The van der Waals surface area contributed by atoms with Gasteiger partial charge in [0, 0.05) is 24.9 Å². The summed E-state index contributed by atoms with van der Waals surface area (Å²) < 4.78 is 5.17. The van der Waals surface area contributed by atoms with Gasteiger partial charge in [-0.15, -0.1) is 0 Å². The van der Waals surface area contributed by atoms with Crippen molar-refractivity contribution in [2.24, 2.45) is 0 Å². The molecule has 0 radical (unpaired) electrons. The molecule has 3 nitrogen and oxygen atoms in total. The SMILES string of the molecule is COCc1cccc(NC(C)CC2CCCCN2)c1. The molecule has 1 aromatic carbocycles. The predicted octanol–water partition coefficient (Wildman–Crippen LogP) is 3.17. The predicted molar refractivity (Wildman–Crippen MR) is 80.5 cm³/mol. The number of anilines is 1. The van der Waals surface area contributed by atoms with Crippen LogP contribution in [0.15, 0.2) is 24.3 Å². The van der Waals surface area contributed by atoms with Crippen LogP contribution in [0, 0.1) is 0 Å². The fraction of sp³-hybridized carbons (Fsp3) is 0.625. The Kier molecular flexibility index (Phi) is 5.67. The quantitative estimate of drug-likeness (QED) is 0.826. The van der Waals surface area contributed by atoms with Gasteiger partial charge in [0.15, 0.2) is 0 Å². The molecular weight excluding hydrogens is 236 g/mol. The lowest BCUT2D eigenvalue weighted by Crippen LogP contribution is -2.37. The number of rotatable bonds is 6. The van der Waals surface area contributed by atoms with Crippen LogP contribution in [0.3, 0.4) is 0 Å². The largest absolute Gasteiger partial charge is 0.383 e. The van der Waals surface area contributed by atoms with Crippen LogP contribution >= 0.6 is 0 Å². The average molecular weight is 262 g/mol. The van der Waals surface area contributed by atoms with Crippen LogP contribution in [0.1, 0.15) is 38.2 Å². The molecular formula is C16H26N2O. The van der Waals surface area contributed by atoms with Gasteiger partial charge in [-0.1, -0.05) is 18.6 Å². The van der Waals surface area contributed by atoms with Gasteiger partial charge in [-0.3, -0.25) is 0 Å². The summed E-state index contributed by atoms with van der Waals surface area (Å²) in [6, 6.07) is 9.66. The van der Waals surface area contributed by atoms with E-state index in [0.29, 0.717) is 18.7 Å². The number of benzene rings is 1. The summed E-state index contributed by atoms with van der Waals surface area (Å²) >= 11 is 0. The van der Waals surface area contributed by atoms with Gasteiger partial charge in [0.05, 0.1) is 6.61 Å². The Balaban J connectivity index is 1.83. The highest BCUT2D eigenvalue weighted by molar-refractivity contribution is 5.46. The van der Waals surface area contributed by atoms with Gasteiger partial charge in [-0.25, -0.2) is 0 Å². The highest BCUT2D eigenvalue weighted by atomic mass is 16.5. The van der Waals surface area contributed by atoms with Crippen LogP contribution in [0.2, 0.25) is 0 Å². The van der Waals surface area contributed by atoms with Crippen molar-refractivity contribution in [2.45, 2.75) is 51.3 Å². The lowest BCUT2D eigenvalue weighted by atomic mass is 9.98. The van der Waals surface area contributed by atoms with Crippen LogP contribution in [0.4, 0.5) is 5.69 Å². The molecule has 2 unspecified atom stereocenters. The summed E-state index contributed by atoms with van der Waals surface area (Å²) in [5.74, 6) is 0. The Hall–Kier alpha value is -1.06. The molecule has 2 rings (SSSR count). The molecule has 3 heteroatoms. The van der Waals surface area contributed by atoms with Crippen LogP contribution in [0.5, 0.6) is 0 Å². The number of ether oxygens (including phenoxy) is 1. The Morgan fingerprint density at radius 3 is 3.05 bits per heavy atom. The first-order valence-electron chi connectivity index (χ1n) is 7.35. The van der Waals surface area contributed by atoms with Crippen molar-refractivity contribution in [1.82, 2.24) is 5.32 Å². The molecule has 106 valence electrons. The normalized spacial score (nSPS) is 21.1. The second-order valence-corrected chi connectivity index (χ2v) is 5.56. The Bertz CT molecular complexity index is 375. The standard InChI is InChI=1S/C16H26N2O/c1-13(10-15-7-3-4-9-17-15)18-16-8-5-6-14(11-16)12-19-2/h5-6,8,11,13,15,17-18H,3-4,7,9-10,12H2,1-2H3. The lowest BCUT2D eigenvalue weighted by molar-refractivity contribution is 0.185. The van der Waals surface area contributed by atoms with E-state index in [4.69, 9.17) is 4.74 Å². The molecule has 1 aromatic rings. The first kappa shape index (κ1) is 14.4. The molecule has 1 aliphatic heterocycles. The van der Waals surface area contributed by atoms with Crippen molar-refractivity contribution >= 4 is 5.69 Å². The minimum Gasteiger partial charge on any atom is -0.383 e. The summed E-state index contributed by atoms with van der Waals surface area (Å²) in [5, 5.41) is 7.20. The molecule has 1 fully saturated rings. The molecule has 19 heavy (non-hydrogen) atoms. The molecule has 0 saturated carbocycles. The van der Waals surface area contributed by atoms with Gasteiger partial charge in [-0.05, 0) is 50.4 Å². The second kappa shape index (κ2) is 7.51. The molecule has 0 spiro atoms. The van der Waals surface area contributed by atoms with Gasteiger partial charge < -0.3 is 15.4 Å². The van der Waals surface area contributed by atoms with Gasteiger partial charge in [0.1, 0.15) is 0 Å². The summed E-state index contributed by atoms with van der Waals surface area (Å²) in [4.78, 5) is 0. The summed E-state index contributed by atoms with van der Waals surface area (Å²) in [7, 11) is 1.73. The molecule has 2 atom stereocenters. The monoisotopic (exact) mass is 262 g/mol. The maximum absolute atomic E-state index is 5.17. The molecule has 2 N–H and O–H groups in total. The molecule has 1 heterocycles. The van der Waals surface area contributed by atoms with Crippen molar-refractivity contribution in [3.8, 4) is 0 Å². The van der Waals surface area contributed by atoms with E-state index in [1.54, 1.807) is 7.11 Å². The number of hydrogen-bond acceptors (Lipinski definition) is 3. The van der Waals surface area contributed by atoms with E-state index in [9.17, 15) is 0 Å². The van der Waals surface area contributed by atoms with E-state index >= 15 is 0 Å². The number of hydrogen-bond donors (Lipinski definition) is 2. The molecule has 0 amide bonds. The molecule has 0 aliphatic carbocycles. The van der Waals surface area contributed by atoms with Crippen molar-refractivity contribution in [1.29, 1.82) is 0 Å². The average Bonchev–Trinajstić information content (AvgIpc) is 2.40. The van der Waals surface area contributed by atoms with Crippen molar-refractivity contribution in [2.75, 3.05) is 19.0 Å². The van der Waals surface area contributed by atoms with E-state index in [-0.39, 0.29) is 0 Å². The number of piperidine rings is 1. The zero-order valence-electron chi connectivity index (χ0n) is 12.1. The Morgan fingerprint density at radius 1 is 1.42 bits per heavy atom. The summed E-state index contributed by atoms with van der Waals surface area (Å²) in [6.07, 6.45) is 5.20. The van der Waals surface area contributed by atoms with Gasteiger partial charge in [0.2, 0.25) is 0 Å². The first-order valence-corrected chi connectivity index (χ1v) is 7.35. The maximum atomic E-state index is 5.17. The Labute approximate surface area is 116 Å². The minimum atomic E-state index is 0.494. The third kappa shape index (κ3) is 4.84. The lowest BCUT2D eigenvalue weighted by Gasteiger charge is -2.27. The zero-order chi connectivity index (χ0) is 13.5. The maximum Gasteiger partial charge on any atom is 0.0713 e. The molecule has 1 saturated heterocycles. The summed E-state index contributed by atoms with van der Waals surface area (Å²) in [6.45, 7) is 4.12. The van der Waals surface area contributed by atoms with Gasteiger partial charge in [0.25, 0.3) is 0 Å². The van der Waals surface area contributed by atoms with Crippen molar-refractivity contribution in [3.05, 3.63) is 29.8 Å². The molecule has 1 aliphatic rings. The van der Waals surface area contributed by atoms with Crippen molar-refractivity contribution < 1.29 is 4.74 Å². The minimum absolute atomic E-state index is 0.494. The van der Waals surface area contributed by atoms with Gasteiger partial charge in [-0.2, -0.15) is 0 Å². The number of nitrogens with one attached hydrogen (secondary N) is 2. The van der Waals surface area contributed by atoms with E-state index in [0.717, 1.165) is 0 Å². The fourth-order valence-corrected chi connectivity index (χ4v) is 2.81. The molecule has 0 aromatic heterocycles. The van der Waals surface area contributed by atoms with E-state index in [1.165, 1.54) is 43.5 Å². The summed E-state index contributed by atoms with van der Waals surface area (Å²) in [5.41, 5.74) is 2.41. The van der Waals surface area contributed by atoms with Crippen LogP contribution in [0.25, 0.3) is 0 Å². The highest BCUT2D eigenvalue weighted by Crippen LogP contribution is 2.17. The van der Waals surface area contributed by atoms with Crippen LogP contribution in [-0.4, -0.2) is 25.7 Å². The second-order valence-electron chi connectivity index (χ2n) is 5.56.